The third-order valence-electron chi connectivity index (χ3n) is 5.65. The minimum Gasteiger partial charge on any atom is -0.362 e. The minimum absolute atomic E-state index is 0.155. The van der Waals surface area contributed by atoms with E-state index in [0.29, 0.717) is 31.9 Å². The number of anilines is 1. The second kappa shape index (κ2) is 9.18. The lowest BCUT2D eigenvalue weighted by atomic mass is 10.1. The molecule has 3 amide bonds. The number of fused-ring (bicyclic) bond motifs is 3. The fourth-order valence-electron chi connectivity index (χ4n) is 4.07. The van der Waals surface area contributed by atoms with Gasteiger partial charge in [-0.05, 0) is 31.2 Å². The van der Waals surface area contributed by atoms with E-state index in [4.69, 9.17) is 4.74 Å². The Labute approximate surface area is 180 Å². The molecule has 0 atom stereocenters. The topological polar surface area (TPSA) is 83.9 Å². The van der Waals surface area contributed by atoms with Crippen LogP contribution in [0.5, 0.6) is 0 Å². The van der Waals surface area contributed by atoms with E-state index in [1.807, 2.05) is 30.3 Å². The molecule has 0 unspecified atom stereocenters. The van der Waals surface area contributed by atoms with Crippen molar-refractivity contribution in [3.05, 3.63) is 42.5 Å². The second-order valence-electron chi connectivity index (χ2n) is 7.56. The standard InChI is InChI=1S/C23H26N4O4/c1-2-27-20-6-4-3-5-18(20)19-13-17(7-8-21(19)27)24-22(29)14-31-15-23(30)26-11-9-25(16-28)10-12-26/h3-8,13,16H,2,9-12,14-15H2,1H3,(H,24,29). The molecule has 1 N–H and O–H groups in total. The summed E-state index contributed by atoms with van der Waals surface area (Å²) in [5.41, 5.74) is 2.98. The van der Waals surface area contributed by atoms with Crippen LogP contribution >= 0.6 is 0 Å². The number of nitrogens with zero attached hydrogens (tertiary/aromatic N) is 3. The molecule has 4 rings (SSSR count). The van der Waals surface area contributed by atoms with Gasteiger partial charge in [0.15, 0.2) is 0 Å². The number of para-hydroxylation sites is 1. The molecule has 0 radical (unpaired) electrons. The van der Waals surface area contributed by atoms with E-state index in [1.54, 1.807) is 9.80 Å². The van der Waals surface area contributed by atoms with Crippen LogP contribution in [-0.4, -0.2) is 72.0 Å². The maximum atomic E-state index is 12.3. The molecule has 3 aromatic rings. The highest BCUT2D eigenvalue weighted by Crippen LogP contribution is 2.30. The highest BCUT2D eigenvalue weighted by atomic mass is 16.5. The number of carbonyl (C=O) groups is 3. The van der Waals surface area contributed by atoms with Crippen molar-refractivity contribution in [3.8, 4) is 0 Å². The number of nitrogens with one attached hydrogen (secondary N) is 1. The number of piperazine rings is 1. The Balaban J connectivity index is 1.34. The first kappa shape index (κ1) is 20.9. The van der Waals surface area contributed by atoms with Crippen molar-refractivity contribution in [1.82, 2.24) is 14.4 Å². The van der Waals surface area contributed by atoms with Crippen molar-refractivity contribution in [1.29, 1.82) is 0 Å². The van der Waals surface area contributed by atoms with Gasteiger partial charge in [0.25, 0.3) is 0 Å². The van der Waals surface area contributed by atoms with Crippen LogP contribution in [0.3, 0.4) is 0 Å². The summed E-state index contributed by atoms with van der Waals surface area (Å²) in [6, 6.07) is 14.1. The average Bonchev–Trinajstić information content (AvgIpc) is 3.12. The van der Waals surface area contributed by atoms with E-state index in [1.165, 1.54) is 5.52 Å². The molecule has 162 valence electrons. The molecule has 1 fully saturated rings. The van der Waals surface area contributed by atoms with Crippen LogP contribution in [0.25, 0.3) is 21.8 Å². The first-order valence-corrected chi connectivity index (χ1v) is 10.5. The molecule has 1 aliphatic heterocycles. The Kier molecular flexibility index (Phi) is 6.18. The van der Waals surface area contributed by atoms with Crippen molar-refractivity contribution in [3.63, 3.8) is 0 Å². The number of carbonyl (C=O) groups excluding carboxylic acids is 3. The molecule has 0 saturated carbocycles. The number of aromatic nitrogens is 1. The molecule has 8 nitrogen and oxygen atoms in total. The first-order valence-electron chi connectivity index (χ1n) is 10.5. The van der Waals surface area contributed by atoms with Gasteiger partial charge in [-0.15, -0.1) is 0 Å². The van der Waals surface area contributed by atoms with Gasteiger partial charge in [0.1, 0.15) is 13.2 Å². The Morgan fingerprint density at radius 3 is 2.48 bits per heavy atom. The molecular weight excluding hydrogens is 396 g/mol. The Morgan fingerprint density at radius 2 is 1.74 bits per heavy atom. The summed E-state index contributed by atoms with van der Waals surface area (Å²) >= 11 is 0. The smallest absolute Gasteiger partial charge is 0.250 e. The molecule has 0 aliphatic carbocycles. The quantitative estimate of drug-likeness (QED) is 0.591. The van der Waals surface area contributed by atoms with E-state index in [0.717, 1.165) is 29.2 Å². The van der Waals surface area contributed by atoms with Gasteiger partial charge < -0.3 is 24.4 Å². The van der Waals surface area contributed by atoms with Gasteiger partial charge in [-0.3, -0.25) is 14.4 Å². The third kappa shape index (κ3) is 4.39. The average molecular weight is 422 g/mol. The lowest BCUT2D eigenvalue weighted by molar-refractivity contribution is -0.140. The molecule has 2 aromatic carbocycles. The largest absolute Gasteiger partial charge is 0.362 e. The monoisotopic (exact) mass is 422 g/mol. The van der Waals surface area contributed by atoms with Crippen molar-refractivity contribution in [2.45, 2.75) is 13.5 Å². The van der Waals surface area contributed by atoms with Crippen molar-refractivity contribution >= 4 is 45.7 Å². The van der Waals surface area contributed by atoms with Crippen LogP contribution < -0.4 is 5.32 Å². The van der Waals surface area contributed by atoms with Gasteiger partial charge in [-0.25, -0.2) is 0 Å². The van der Waals surface area contributed by atoms with Gasteiger partial charge >= 0.3 is 0 Å². The van der Waals surface area contributed by atoms with E-state index in [9.17, 15) is 14.4 Å². The summed E-state index contributed by atoms with van der Waals surface area (Å²) in [4.78, 5) is 38.5. The van der Waals surface area contributed by atoms with E-state index in [-0.39, 0.29) is 25.0 Å². The molecular formula is C23H26N4O4. The van der Waals surface area contributed by atoms with Crippen LogP contribution in [0.1, 0.15) is 6.92 Å². The fraction of sp³-hybridized carbons (Fsp3) is 0.348. The van der Waals surface area contributed by atoms with E-state index < -0.39 is 0 Å². The molecule has 1 aromatic heterocycles. The molecule has 0 bridgehead atoms. The van der Waals surface area contributed by atoms with Crippen molar-refractivity contribution in [2.75, 3.05) is 44.7 Å². The zero-order valence-corrected chi connectivity index (χ0v) is 17.5. The summed E-state index contributed by atoms with van der Waals surface area (Å²) in [5, 5.41) is 5.08. The Hall–Kier alpha value is -3.39. The van der Waals surface area contributed by atoms with Crippen molar-refractivity contribution < 1.29 is 19.1 Å². The van der Waals surface area contributed by atoms with Gasteiger partial charge in [0, 0.05) is 60.2 Å². The fourth-order valence-corrected chi connectivity index (χ4v) is 4.07. The summed E-state index contributed by atoms with van der Waals surface area (Å²) in [7, 11) is 0. The maximum Gasteiger partial charge on any atom is 0.250 e. The van der Waals surface area contributed by atoms with Gasteiger partial charge in [0.05, 0.1) is 0 Å². The number of hydrogen-bond acceptors (Lipinski definition) is 4. The lowest BCUT2D eigenvalue weighted by Gasteiger charge is -2.32. The minimum atomic E-state index is -0.308. The van der Waals surface area contributed by atoms with Crippen LogP contribution in [-0.2, 0) is 25.7 Å². The Morgan fingerprint density at radius 1 is 1.00 bits per heavy atom. The third-order valence-corrected chi connectivity index (χ3v) is 5.65. The molecule has 1 saturated heterocycles. The SMILES string of the molecule is CCn1c2ccccc2c2cc(NC(=O)COCC(=O)N3CCN(C=O)CC3)ccc21. The van der Waals surface area contributed by atoms with Gasteiger partial charge in [-0.2, -0.15) is 0 Å². The van der Waals surface area contributed by atoms with Crippen LogP contribution in [0.15, 0.2) is 42.5 Å². The highest BCUT2D eigenvalue weighted by molar-refractivity contribution is 6.09. The predicted molar refractivity (Wildman–Crippen MR) is 119 cm³/mol. The van der Waals surface area contributed by atoms with Crippen LogP contribution in [0.4, 0.5) is 5.69 Å². The Bertz CT molecular complexity index is 1120. The number of benzene rings is 2. The first-order chi connectivity index (χ1) is 15.1. The number of hydrogen-bond donors (Lipinski definition) is 1. The number of amides is 3. The van der Waals surface area contributed by atoms with E-state index in [2.05, 4.69) is 28.9 Å². The second-order valence-corrected chi connectivity index (χ2v) is 7.56. The highest BCUT2D eigenvalue weighted by Gasteiger charge is 2.20. The molecule has 8 heteroatoms. The van der Waals surface area contributed by atoms with Gasteiger partial charge in [0.2, 0.25) is 18.2 Å². The van der Waals surface area contributed by atoms with Crippen LogP contribution in [0.2, 0.25) is 0 Å². The van der Waals surface area contributed by atoms with Crippen molar-refractivity contribution in [2.24, 2.45) is 0 Å². The predicted octanol–water partition coefficient (Wildman–Crippen LogP) is 2.07. The molecule has 1 aliphatic rings. The van der Waals surface area contributed by atoms with Gasteiger partial charge in [-0.1, -0.05) is 18.2 Å². The summed E-state index contributed by atoms with van der Waals surface area (Å²) in [6.45, 7) is 4.63. The molecule has 31 heavy (non-hydrogen) atoms. The summed E-state index contributed by atoms with van der Waals surface area (Å²) in [6.07, 6.45) is 0.792. The summed E-state index contributed by atoms with van der Waals surface area (Å²) in [5.74, 6) is -0.482. The molecule has 2 heterocycles. The molecule has 0 spiro atoms. The number of ether oxygens (including phenoxy) is 1. The number of aryl methyl sites for hydroxylation is 1. The van der Waals surface area contributed by atoms with Crippen LogP contribution in [0, 0.1) is 0 Å². The maximum absolute atomic E-state index is 12.3. The van der Waals surface area contributed by atoms with E-state index >= 15 is 0 Å². The zero-order valence-electron chi connectivity index (χ0n) is 17.5. The number of rotatable bonds is 7. The normalized spacial score (nSPS) is 14.2. The zero-order chi connectivity index (χ0) is 21.8. The lowest BCUT2D eigenvalue weighted by Crippen LogP contribution is -2.49. The summed E-state index contributed by atoms with van der Waals surface area (Å²) < 4.78 is 7.57.